The van der Waals surface area contributed by atoms with Crippen LogP contribution in [0.2, 0.25) is 0 Å². The van der Waals surface area contributed by atoms with Gasteiger partial charge >= 0.3 is 17.9 Å². The highest BCUT2D eigenvalue weighted by Crippen LogP contribution is 2.19. The monoisotopic (exact) mass is 1100 g/mol. The molecule has 0 aromatic heterocycles. The van der Waals surface area contributed by atoms with Gasteiger partial charge in [0.1, 0.15) is 13.2 Å². The van der Waals surface area contributed by atoms with Crippen LogP contribution >= 0.6 is 0 Å². The Hall–Kier alpha value is -2.11. The van der Waals surface area contributed by atoms with Crippen molar-refractivity contribution in [2.75, 3.05) is 13.2 Å². The standard InChI is InChI=1S/C72H136O6/c1-4-7-10-13-16-19-22-25-27-29-31-32-33-34-35-36-37-38-39-40-42-43-45-47-50-53-56-59-62-65-71(74)77-68-69(67-76-70(73)64-61-58-55-52-49-24-21-18-15-12-9-6-3)78-72(75)66-63-60-57-54-51-48-46-44-41-30-28-26-23-20-17-14-11-8-5-2/h22,25,29,31,69H,4-21,23-24,26-28,30,32-68H2,1-3H3/b25-22-,31-29-. The van der Waals surface area contributed by atoms with Crippen LogP contribution in [0.4, 0.5) is 0 Å². The third-order valence-corrected chi connectivity index (χ3v) is 16.2. The molecule has 0 heterocycles. The van der Waals surface area contributed by atoms with Crippen LogP contribution in [-0.4, -0.2) is 37.2 Å². The van der Waals surface area contributed by atoms with Gasteiger partial charge in [0, 0.05) is 19.3 Å². The van der Waals surface area contributed by atoms with Crippen LogP contribution in [0.15, 0.2) is 24.3 Å². The molecule has 0 radical (unpaired) electrons. The molecule has 0 bridgehead atoms. The highest BCUT2D eigenvalue weighted by molar-refractivity contribution is 5.71. The molecule has 0 amide bonds. The topological polar surface area (TPSA) is 78.9 Å². The van der Waals surface area contributed by atoms with E-state index in [9.17, 15) is 14.4 Å². The van der Waals surface area contributed by atoms with E-state index < -0.39 is 6.10 Å². The number of allylic oxidation sites excluding steroid dienone is 4. The normalized spacial score (nSPS) is 12.1. The molecule has 0 fully saturated rings. The Morgan fingerprint density at radius 3 is 0.705 bits per heavy atom. The molecule has 0 saturated heterocycles. The SMILES string of the molecule is CCCCCCC/C=C\C/C=C\CCCCCCCCCCCCCCCCCCCC(=O)OCC(COC(=O)CCCCCCCCCCCCCC)OC(=O)CCCCCCCCCCCCCCCCCCCCC. The fraction of sp³-hybridized carbons (Fsp3) is 0.903. The summed E-state index contributed by atoms with van der Waals surface area (Å²) in [6, 6.07) is 0. The fourth-order valence-electron chi connectivity index (χ4n) is 10.9. The van der Waals surface area contributed by atoms with Crippen molar-refractivity contribution in [2.24, 2.45) is 0 Å². The zero-order chi connectivity index (χ0) is 56.4. The molecule has 1 atom stereocenters. The van der Waals surface area contributed by atoms with E-state index in [2.05, 4.69) is 45.1 Å². The summed E-state index contributed by atoms with van der Waals surface area (Å²) in [5.41, 5.74) is 0. The van der Waals surface area contributed by atoms with Crippen molar-refractivity contribution in [3.8, 4) is 0 Å². The Labute approximate surface area is 487 Å². The van der Waals surface area contributed by atoms with Gasteiger partial charge in [-0.15, -0.1) is 0 Å². The summed E-state index contributed by atoms with van der Waals surface area (Å²) in [5, 5.41) is 0. The number of ether oxygens (including phenoxy) is 3. The van der Waals surface area contributed by atoms with Crippen LogP contribution in [0.3, 0.4) is 0 Å². The van der Waals surface area contributed by atoms with Gasteiger partial charge in [-0.05, 0) is 51.4 Å². The zero-order valence-corrected chi connectivity index (χ0v) is 53.0. The van der Waals surface area contributed by atoms with E-state index in [0.29, 0.717) is 19.3 Å². The first kappa shape index (κ1) is 75.9. The van der Waals surface area contributed by atoms with Crippen LogP contribution in [0.5, 0.6) is 0 Å². The molecular formula is C72H136O6. The average Bonchev–Trinajstić information content (AvgIpc) is 3.44. The van der Waals surface area contributed by atoms with Crippen molar-refractivity contribution in [3.05, 3.63) is 24.3 Å². The van der Waals surface area contributed by atoms with E-state index >= 15 is 0 Å². The van der Waals surface area contributed by atoms with E-state index in [0.717, 1.165) is 64.2 Å². The second-order valence-electron chi connectivity index (χ2n) is 24.2. The Balaban J connectivity index is 4.15. The highest BCUT2D eigenvalue weighted by atomic mass is 16.6. The zero-order valence-electron chi connectivity index (χ0n) is 53.0. The second-order valence-corrected chi connectivity index (χ2v) is 24.2. The first-order valence-electron chi connectivity index (χ1n) is 35.3. The van der Waals surface area contributed by atoms with Crippen molar-refractivity contribution in [1.82, 2.24) is 0 Å². The Morgan fingerprint density at radius 1 is 0.256 bits per heavy atom. The third kappa shape index (κ3) is 64.7. The van der Waals surface area contributed by atoms with Crippen LogP contribution in [0.1, 0.15) is 400 Å². The largest absolute Gasteiger partial charge is 0.462 e. The van der Waals surface area contributed by atoms with E-state index in [1.165, 1.54) is 295 Å². The lowest BCUT2D eigenvalue weighted by Gasteiger charge is -2.18. The summed E-state index contributed by atoms with van der Waals surface area (Å²) in [7, 11) is 0. The number of hydrogen-bond donors (Lipinski definition) is 0. The minimum atomic E-state index is -0.766. The van der Waals surface area contributed by atoms with Gasteiger partial charge < -0.3 is 14.2 Å². The number of esters is 3. The van der Waals surface area contributed by atoms with E-state index in [-0.39, 0.29) is 31.1 Å². The molecule has 0 spiro atoms. The number of hydrogen-bond acceptors (Lipinski definition) is 6. The van der Waals surface area contributed by atoms with Crippen LogP contribution in [-0.2, 0) is 28.6 Å². The maximum atomic E-state index is 12.9. The summed E-state index contributed by atoms with van der Waals surface area (Å²) in [6.07, 6.45) is 82.1. The van der Waals surface area contributed by atoms with Crippen molar-refractivity contribution in [2.45, 2.75) is 406 Å². The van der Waals surface area contributed by atoms with E-state index in [1.54, 1.807) is 0 Å². The Bertz CT molecular complexity index is 1260. The molecule has 6 nitrogen and oxygen atoms in total. The Morgan fingerprint density at radius 2 is 0.462 bits per heavy atom. The van der Waals surface area contributed by atoms with Crippen molar-refractivity contribution in [3.63, 3.8) is 0 Å². The van der Waals surface area contributed by atoms with Gasteiger partial charge in [0.2, 0.25) is 0 Å². The molecule has 78 heavy (non-hydrogen) atoms. The predicted molar refractivity (Wildman–Crippen MR) is 340 cm³/mol. The van der Waals surface area contributed by atoms with Gasteiger partial charge in [0.15, 0.2) is 6.10 Å². The summed E-state index contributed by atoms with van der Waals surface area (Å²) in [5.74, 6) is -0.830. The van der Waals surface area contributed by atoms with Gasteiger partial charge in [-0.2, -0.15) is 0 Å². The first-order valence-corrected chi connectivity index (χ1v) is 35.3. The van der Waals surface area contributed by atoms with Gasteiger partial charge in [-0.1, -0.05) is 353 Å². The molecule has 0 aromatic rings. The van der Waals surface area contributed by atoms with Gasteiger partial charge in [0.05, 0.1) is 0 Å². The lowest BCUT2D eigenvalue weighted by molar-refractivity contribution is -0.167. The Kier molecular flexibility index (Phi) is 65.6. The lowest BCUT2D eigenvalue weighted by atomic mass is 10.0. The van der Waals surface area contributed by atoms with Crippen LogP contribution < -0.4 is 0 Å². The number of carbonyl (C=O) groups is 3. The summed E-state index contributed by atoms with van der Waals surface area (Å²) >= 11 is 0. The van der Waals surface area contributed by atoms with Crippen molar-refractivity contribution < 1.29 is 28.6 Å². The number of rotatable bonds is 66. The molecule has 0 N–H and O–H groups in total. The predicted octanol–water partition coefficient (Wildman–Crippen LogP) is 24.2. The molecule has 460 valence electrons. The molecule has 0 aliphatic heterocycles. The molecule has 0 aliphatic rings. The molecular weight excluding hydrogens is 961 g/mol. The minimum absolute atomic E-state index is 0.0634. The van der Waals surface area contributed by atoms with E-state index in [1.807, 2.05) is 0 Å². The first-order chi connectivity index (χ1) is 38.5. The number of carbonyl (C=O) groups excluding carboxylic acids is 3. The number of unbranched alkanes of at least 4 members (excludes halogenated alkanes) is 51. The molecule has 0 rings (SSSR count). The average molecular weight is 1100 g/mol. The highest BCUT2D eigenvalue weighted by Gasteiger charge is 2.19. The summed E-state index contributed by atoms with van der Waals surface area (Å²) in [6.45, 7) is 6.71. The van der Waals surface area contributed by atoms with Crippen molar-refractivity contribution >= 4 is 17.9 Å². The lowest BCUT2D eigenvalue weighted by Crippen LogP contribution is -2.30. The fourth-order valence-corrected chi connectivity index (χ4v) is 10.9. The summed E-state index contributed by atoms with van der Waals surface area (Å²) in [4.78, 5) is 38.4. The van der Waals surface area contributed by atoms with Gasteiger partial charge in [-0.3, -0.25) is 14.4 Å². The van der Waals surface area contributed by atoms with Gasteiger partial charge in [-0.25, -0.2) is 0 Å². The molecule has 1 unspecified atom stereocenters. The third-order valence-electron chi connectivity index (χ3n) is 16.2. The van der Waals surface area contributed by atoms with Crippen LogP contribution in [0.25, 0.3) is 0 Å². The summed E-state index contributed by atoms with van der Waals surface area (Å²) < 4.78 is 17.0. The van der Waals surface area contributed by atoms with Crippen molar-refractivity contribution in [1.29, 1.82) is 0 Å². The molecule has 6 heteroatoms. The molecule has 0 aliphatic carbocycles. The quantitative estimate of drug-likeness (QED) is 0.0261. The smallest absolute Gasteiger partial charge is 0.306 e. The minimum Gasteiger partial charge on any atom is -0.462 e. The maximum absolute atomic E-state index is 12.9. The second kappa shape index (κ2) is 67.4. The maximum Gasteiger partial charge on any atom is 0.306 e. The van der Waals surface area contributed by atoms with Crippen LogP contribution in [0, 0.1) is 0 Å². The molecule has 0 aromatic carbocycles. The van der Waals surface area contributed by atoms with E-state index in [4.69, 9.17) is 14.2 Å². The molecule has 0 saturated carbocycles. The van der Waals surface area contributed by atoms with Gasteiger partial charge in [0.25, 0.3) is 0 Å².